The van der Waals surface area contributed by atoms with Gasteiger partial charge in [0.1, 0.15) is 0 Å². The van der Waals surface area contributed by atoms with Crippen LogP contribution in [0.25, 0.3) is 0 Å². The van der Waals surface area contributed by atoms with E-state index in [4.69, 9.17) is 0 Å². The number of carbonyl (C=O) groups is 2. The van der Waals surface area contributed by atoms with Crippen molar-refractivity contribution >= 4 is 33.3 Å². The van der Waals surface area contributed by atoms with Gasteiger partial charge in [-0.25, -0.2) is 0 Å². The molecule has 0 aromatic heterocycles. The lowest BCUT2D eigenvalue weighted by Gasteiger charge is -2.29. The third-order valence-corrected chi connectivity index (χ3v) is 6.64. The van der Waals surface area contributed by atoms with Crippen molar-refractivity contribution < 1.29 is 14.7 Å². The zero-order valence-corrected chi connectivity index (χ0v) is 19.3. The van der Waals surface area contributed by atoms with E-state index in [9.17, 15) is 14.7 Å². The minimum Gasteiger partial charge on any atom is -0.375 e. The maximum Gasteiger partial charge on any atom is 0.264 e. The molecule has 0 aliphatic carbocycles. The summed E-state index contributed by atoms with van der Waals surface area (Å²) >= 11 is 3.45. The van der Waals surface area contributed by atoms with Gasteiger partial charge in [-0.2, -0.15) is 0 Å². The number of aliphatic hydroxyl groups is 1. The summed E-state index contributed by atoms with van der Waals surface area (Å²) in [7, 11) is 0. The van der Waals surface area contributed by atoms with Crippen molar-refractivity contribution in [2.24, 2.45) is 5.92 Å². The van der Waals surface area contributed by atoms with Crippen LogP contribution in [0, 0.1) is 19.8 Å². The third-order valence-electron chi connectivity index (χ3n) is 6.14. The summed E-state index contributed by atoms with van der Waals surface area (Å²) in [5.41, 5.74) is 2.80. The monoisotopic (exact) mass is 477 g/mol. The van der Waals surface area contributed by atoms with Crippen molar-refractivity contribution in [3.8, 4) is 0 Å². The number of halogens is 1. The van der Waals surface area contributed by atoms with Crippen LogP contribution in [-0.2, 0) is 16.9 Å². The summed E-state index contributed by atoms with van der Waals surface area (Å²) in [4.78, 5) is 28.5. The van der Waals surface area contributed by atoms with Gasteiger partial charge in [0.25, 0.3) is 5.91 Å². The Morgan fingerprint density at radius 3 is 2.48 bits per heavy atom. The molecule has 0 radical (unpaired) electrons. The number of carbonyl (C=O) groups excluding carboxylic acids is 2. The molecule has 2 atom stereocenters. The first-order valence-electron chi connectivity index (χ1n) is 10.2. The van der Waals surface area contributed by atoms with E-state index >= 15 is 0 Å². The fraction of sp³-hybridized carbons (Fsp3) is 0.231. The molecule has 0 bridgehead atoms. The van der Waals surface area contributed by atoms with Gasteiger partial charge in [0, 0.05) is 15.6 Å². The number of nitrogens with zero attached hydrogens (tertiary/aromatic N) is 1. The predicted molar refractivity (Wildman–Crippen MR) is 125 cm³/mol. The zero-order chi connectivity index (χ0) is 22.3. The van der Waals surface area contributed by atoms with Crippen molar-refractivity contribution in [2.75, 3.05) is 4.90 Å². The molecule has 4 nitrogen and oxygen atoms in total. The van der Waals surface area contributed by atoms with Gasteiger partial charge in [0.05, 0.1) is 18.2 Å². The van der Waals surface area contributed by atoms with Crippen molar-refractivity contribution in [1.29, 1.82) is 0 Å². The van der Waals surface area contributed by atoms with E-state index < -0.39 is 17.4 Å². The third kappa shape index (κ3) is 3.62. The number of hydrogen-bond donors (Lipinski definition) is 1. The maximum atomic E-state index is 13.7. The standard InChI is InChI=1S/C26H24BrNO3/c1-16-9-10-17(2)20(13-16)15-28-23-12-11-21(27)14-22(23)26(31,25(28)30)18(3)24(29)19-7-5-4-6-8-19/h4-14,18,31H,15H2,1-3H3/t18-,26+/m1/s1. The van der Waals surface area contributed by atoms with Crippen molar-refractivity contribution in [3.05, 3.63) is 99.0 Å². The minimum absolute atomic E-state index is 0.268. The van der Waals surface area contributed by atoms with Crippen LogP contribution >= 0.6 is 15.9 Å². The lowest BCUT2D eigenvalue weighted by molar-refractivity contribution is -0.139. The molecular weight excluding hydrogens is 454 g/mol. The van der Waals surface area contributed by atoms with Crippen LogP contribution in [0.5, 0.6) is 0 Å². The normalized spacial score (nSPS) is 18.7. The number of rotatable bonds is 5. The number of benzene rings is 3. The molecule has 1 heterocycles. The molecule has 3 aromatic carbocycles. The number of aryl methyl sites for hydroxylation is 2. The maximum absolute atomic E-state index is 13.7. The molecule has 3 aromatic rings. The van der Waals surface area contributed by atoms with E-state index in [0.29, 0.717) is 23.4 Å². The van der Waals surface area contributed by atoms with Crippen molar-refractivity contribution in [2.45, 2.75) is 32.9 Å². The van der Waals surface area contributed by atoms with E-state index in [1.54, 1.807) is 42.2 Å². The summed E-state index contributed by atoms with van der Waals surface area (Å²) in [5, 5.41) is 11.8. The number of fused-ring (bicyclic) bond motifs is 1. The van der Waals surface area contributed by atoms with E-state index in [2.05, 4.69) is 22.0 Å². The van der Waals surface area contributed by atoms with Crippen LogP contribution < -0.4 is 4.90 Å². The molecule has 0 saturated heterocycles. The van der Waals surface area contributed by atoms with Crippen LogP contribution in [-0.4, -0.2) is 16.8 Å². The molecule has 5 heteroatoms. The molecule has 1 amide bonds. The lowest BCUT2D eigenvalue weighted by atomic mass is 9.79. The average Bonchev–Trinajstić information content (AvgIpc) is 2.98. The molecule has 1 aliphatic rings. The highest BCUT2D eigenvalue weighted by Crippen LogP contribution is 2.47. The first-order chi connectivity index (χ1) is 14.7. The van der Waals surface area contributed by atoms with Gasteiger partial charge in [-0.1, -0.05) is 76.9 Å². The summed E-state index contributed by atoms with van der Waals surface area (Å²) in [6.45, 7) is 5.97. The Morgan fingerprint density at radius 2 is 1.77 bits per heavy atom. The van der Waals surface area contributed by atoms with Gasteiger partial charge in [-0.3, -0.25) is 9.59 Å². The van der Waals surface area contributed by atoms with Crippen molar-refractivity contribution in [1.82, 2.24) is 0 Å². The molecule has 4 rings (SSSR count). The molecule has 31 heavy (non-hydrogen) atoms. The summed E-state index contributed by atoms with van der Waals surface area (Å²) in [5.74, 6) is -1.69. The highest BCUT2D eigenvalue weighted by molar-refractivity contribution is 9.10. The molecule has 0 saturated carbocycles. The fourth-order valence-electron chi connectivity index (χ4n) is 4.24. The van der Waals surface area contributed by atoms with Crippen LogP contribution in [0.15, 0.2) is 71.2 Å². The quantitative estimate of drug-likeness (QED) is 0.505. The summed E-state index contributed by atoms with van der Waals surface area (Å²) in [6, 6.07) is 20.3. The second-order valence-electron chi connectivity index (χ2n) is 8.20. The van der Waals surface area contributed by atoms with Crippen LogP contribution in [0.2, 0.25) is 0 Å². The van der Waals surface area contributed by atoms with Crippen molar-refractivity contribution in [3.63, 3.8) is 0 Å². The lowest BCUT2D eigenvalue weighted by Crippen LogP contribution is -2.47. The topological polar surface area (TPSA) is 57.6 Å². The Morgan fingerprint density at radius 1 is 1.06 bits per heavy atom. The Hall–Kier alpha value is -2.76. The van der Waals surface area contributed by atoms with Gasteiger partial charge in [0.2, 0.25) is 0 Å². The first kappa shape index (κ1) is 21.5. The van der Waals surface area contributed by atoms with E-state index in [1.807, 2.05) is 44.2 Å². The van der Waals surface area contributed by atoms with E-state index in [1.165, 1.54) is 0 Å². The van der Waals surface area contributed by atoms with Gasteiger partial charge in [-0.15, -0.1) is 0 Å². The summed E-state index contributed by atoms with van der Waals surface area (Å²) in [6.07, 6.45) is 0. The highest BCUT2D eigenvalue weighted by atomic mass is 79.9. The van der Waals surface area contributed by atoms with Gasteiger partial charge in [-0.05, 0) is 43.2 Å². The summed E-state index contributed by atoms with van der Waals surface area (Å²) < 4.78 is 0.741. The molecule has 1 aliphatic heterocycles. The van der Waals surface area contributed by atoms with Gasteiger partial charge >= 0.3 is 0 Å². The number of amides is 1. The molecule has 158 valence electrons. The molecule has 0 unspecified atom stereocenters. The number of hydrogen-bond acceptors (Lipinski definition) is 3. The average molecular weight is 478 g/mol. The SMILES string of the molecule is Cc1ccc(C)c(CN2C(=O)[C@](O)([C@H](C)C(=O)c3ccccc3)c3cc(Br)ccc32)c1. The second-order valence-corrected chi connectivity index (χ2v) is 9.12. The van der Waals surface area contributed by atoms with Gasteiger partial charge < -0.3 is 10.0 Å². The largest absolute Gasteiger partial charge is 0.375 e. The second kappa shape index (κ2) is 8.06. The predicted octanol–water partition coefficient (Wildman–Crippen LogP) is 5.32. The molecular formula is C26H24BrNO3. The van der Waals surface area contributed by atoms with Crippen LogP contribution in [0.4, 0.5) is 5.69 Å². The number of ketones is 1. The Labute approximate surface area is 190 Å². The Kier molecular flexibility index (Phi) is 5.58. The number of anilines is 1. The first-order valence-corrected chi connectivity index (χ1v) is 11.0. The molecule has 0 spiro atoms. The molecule has 0 fully saturated rings. The number of Topliss-reactive ketones (excluding diaryl/α,β-unsaturated/α-hetero) is 1. The van der Waals surface area contributed by atoms with Crippen LogP contribution in [0.1, 0.15) is 39.5 Å². The van der Waals surface area contributed by atoms with E-state index in [0.717, 1.165) is 21.2 Å². The van der Waals surface area contributed by atoms with Gasteiger partial charge in [0.15, 0.2) is 11.4 Å². The van der Waals surface area contributed by atoms with E-state index in [-0.39, 0.29) is 5.78 Å². The smallest absolute Gasteiger partial charge is 0.264 e. The molecule has 1 N–H and O–H groups in total. The zero-order valence-electron chi connectivity index (χ0n) is 17.7. The Bertz CT molecular complexity index is 1170. The highest BCUT2D eigenvalue weighted by Gasteiger charge is 2.55. The Balaban J connectivity index is 1.79. The van der Waals surface area contributed by atoms with Crippen LogP contribution in [0.3, 0.4) is 0 Å². The fourth-order valence-corrected chi connectivity index (χ4v) is 4.60. The minimum atomic E-state index is -1.94.